The van der Waals surface area contributed by atoms with Gasteiger partial charge in [0.1, 0.15) is 5.82 Å². The van der Waals surface area contributed by atoms with Gasteiger partial charge in [-0.2, -0.15) is 4.98 Å². The van der Waals surface area contributed by atoms with Crippen molar-refractivity contribution in [2.24, 2.45) is 5.73 Å². The zero-order chi connectivity index (χ0) is 13.2. The highest BCUT2D eigenvalue weighted by molar-refractivity contribution is 5.21. The van der Waals surface area contributed by atoms with Gasteiger partial charge in [-0.15, -0.1) is 0 Å². The summed E-state index contributed by atoms with van der Waals surface area (Å²) in [6, 6.07) is 6.55. The zero-order valence-electron chi connectivity index (χ0n) is 10.5. The van der Waals surface area contributed by atoms with Gasteiger partial charge >= 0.3 is 0 Å². The minimum absolute atomic E-state index is 0.270. The molecule has 0 aliphatic carbocycles. The van der Waals surface area contributed by atoms with E-state index in [0.29, 0.717) is 30.1 Å². The molecule has 0 aliphatic rings. The first kappa shape index (κ1) is 12.7. The fraction of sp³-hybridized carbons (Fsp3) is 0.385. The van der Waals surface area contributed by atoms with E-state index in [4.69, 9.17) is 10.3 Å². The predicted molar refractivity (Wildman–Crippen MR) is 65.3 cm³/mol. The van der Waals surface area contributed by atoms with Crippen molar-refractivity contribution in [3.63, 3.8) is 0 Å². The Morgan fingerprint density at radius 1 is 1.39 bits per heavy atom. The minimum atomic E-state index is -0.848. The number of aryl methyl sites for hydroxylation is 1. The van der Waals surface area contributed by atoms with E-state index in [1.807, 2.05) is 6.92 Å². The van der Waals surface area contributed by atoms with Crippen molar-refractivity contribution in [3.8, 4) is 0 Å². The van der Waals surface area contributed by atoms with Crippen molar-refractivity contribution in [3.05, 3.63) is 47.4 Å². The Kier molecular flexibility index (Phi) is 3.43. The molecule has 0 spiro atoms. The van der Waals surface area contributed by atoms with Crippen molar-refractivity contribution in [2.75, 3.05) is 0 Å². The fourth-order valence-electron chi connectivity index (χ4n) is 1.75. The second kappa shape index (κ2) is 4.86. The maximum Gasteiger partial charge on any atom is 0.226 e. The van der Waals surface area contributed by atoms with E-state index in [1.54, 1.807) is 25.1 Å². The summed E-state index contributed by atoms with van der Waals surface area (Å²) < 4.78 is 18.6. The van der Waals surface area contributed by atoms with Gasteiger partial charge in [0.25, 0.3) is 0 Å². The average Bonchev–Trinajstić information content (AvgIpc) is 2.81. The molecule has 2 aromatic rings. The topological polar surface area (TPSA) is 64.9 Å². The van der Waals surface area contributed by atoms with Crippen LogP contribution in [0.2, 0.25) is 0 Å². The molecule has 0 radical (unpaired) electrons. The van der Waals surface area contributed by atoms with E-state index in [1.165, 1.54) is 6.07 Å². The van der Waals surface area contributed by atoms with Crippen LogP contribution in [0.1, 0.15) is 31.1 Å². The Labute approximate surface area is 105 Å². The third-order valence-corrected chi connectivity index (χ3v) is 2.80. The summed E-state index contributed by atoms with van der Waals surface area (Å²) in [6.07, 6.45) is 0.977. The van der Waals surface area contributed by atoms with Gasteiger partial charge in [0.05, 0.1) is 5.54 Å². The lowest BCUT2D eigenvalue weighted by Gasteiger charge is -2.20. The number of nitrogens with zero attached hydrogens (tertiary/aromatic N) is 2. The van der Waals surface area contributed by atoms with Crippen LogP contribution < -0.4 is 5.73 Å². The van der Waals surface area contributed by atoms with E-state index in [-0.39, 0.29) is 5.82 Å². The standard InChI is InChI=1S/C13H16FN3O/c1-3-11-16-12(17-18-11)13(2,15)8-9-6-4-5-7-10(9)14/h4-7H,3,8,15H2,1-2H3. The molecule has 18 heavy (non-hydrogen) atoms. The average molecular weight is 249 g/mol. The summed E-state index contributed by atoms with van der Waals surface area (Å²) >= 11 is 0. The highest BCUT2D eigenvalue weighted by atomic mass is 19.1. The lowest BCUT2D eigenvalue weighted by molar-refractivity contribution is 0.355. The molecule has 0 saturated carbocycles. The van der Waals surface area contributed by atoms with Gasteiger partial charge in [-0.25, -0.2) is 4.39 Å². The summed E-state index contributed by atoms with van der Waals surface area (Å²) in [5.41, 5.74) is 5.85. The maximum atomic E-state index is 13.6. The Morgan fingerprint density at radius 3 is 2.72 bits per heavy atom. The molecular weight excluding hydrogens is 233 g/mol. The molecule has 1 atom stereocenters. The molecular formula is C13H16FN3O. The van der Waals surface area contributed by atoms with Crippen LogP contribution >= 0.6 is 0 Å². The number of hydrogen-bond donors (Lipinski definition) is 1. The number of halogens is 1. The molecule has 1 aromatic carbocycles. The molecule has 1 unspecified atom stereocenters. The van der Waals surface area contributed by atoms with Gasteiger partial charge in [-0.1, -0.05) is 30.3 Å². The molecule has 1 aromatic heterocycles. The smallest absolute Gasteiger partial charge is 0.226 e. The number of rotatable bonds is 4. The highest BCUT2D eigenvalue weighted by Crippen LogP contribution is 2.21. The van der Waals surface area contributed by atoms with E-state index < -0.39 is 5.54 Å². The van der Waals surface area contributed by atoms with Gasteiger partial charge in [-0.05, 0) is 18.6 Å². The molecule has 4 nitrogen and oxygen atoms in total. The molecule has 0 bridgehead atoms. The van der Waals surface area contributed by atoms with E-state index in [2.05, 4.69) is 10.1 Å². The SMILES string of the molecule is CCc1nc(C(C)(N)Cc2ccccc2F)no1. The van der Waals surface area contributed by atoms with Crippen LogP contribution in [0.4, 0.5) is 4.39 Å². The van der Waals surface area contributed by atoms with Crippen LogP contribution in [-0.4, -0.2) is 10.1 Å². The van der Waals surface area contributed by atoms with Crippen molar-refractivity contribution in [1.82, 2.24) is 10.1 Å². The Hall–Kier alpha value is -1.75. The maximum absolute atomic E-state index is 13.6. The zero-order valence-corrected chi connectivity index (χ0v) is 10.5. The largest absolute Gasteiger partial charge is 0.339 e. The van der Waals surface area contributed by atoms with Crippen molar-refractivity contribution < 1.29 is 8.91 Å². The van der Waals surface area contributed by atoms with Gasteiger partial charge < -0.3 is 10.3 Å². The first-order valence-corrected chi connectivity index (χ1v) is 5.88. The second-order valence-corrected chi connectivity index (χ2v) is 4.55. The van der Waals surface area contributed by atoms with Gasteiger partial charge in [0.15, 0.2) is 5.82 Å². The van der Waals surface area contributed by atoms with Gasteiger partial charge in [0, 0.05) is 12.8 Å². The number of nitrogens with two attached hydrogens (primary N) is 1. The Morgan fingerprint density at radius 2 is 2.11 bits per heavy atom. The summed E-state index contributed by atoms with van der Waals surface area (Å²) in [4.78, 5) is 4.20. The lowest BCUT2D eigenvalue weighted by atomic mass is 9.93. The molecule has 0 fully saturated rings. The molecule has 0 amide bonds. The molecule has 96 valence electrons. The number of aromatic nitrogens is 2. The predicted octanol–water partition coefficient (Wildman–Crippen LogP) is 2.19. The van der Waals surface area contributed by atoms with Gasteiger partial charge in [0.2, 0.25) is 5.89 Å². The quantitative estimate of drug-likeness (QED) is 0.902. The first-order valence-electron chi connectivity index (χ1n) is 5.88. The van der Waals surface area contributed by atoms with E-state index in [0.717, 1.165) is 0 Å². The number of hydrogen-bond acceptors (Lipinski definition) is 4. The second-order valence-electron chi connectivity index (χ2n) is 4.55. The van der Waals surface area contributed by atoms with Crippen LogP contribution in [0.25, 0.3) is 0 Å². The first-order chi connectivity index (χ1) is 8.53. The number of benzene rings is 1. The summed E-state index contributed by atoms with van der Waals surface area (Å²) in [5.74, 6) is 0.672. The van der Waals surface area contributed by atoms with Crippen molar-refractivity contribution >= 4 is 0 Å². The molecule has 5 heteroatoms. The fourth-order valence-corrected chi connectivity index (χ4v) is 1.75. The summed E-state index contributed by atoms with van der Waals surface area (Å²) in [6.45, 7) is 3.69. The molecule has 0 aliphatic heterocycles. The minimum Gasteiger partial charge on any atom is -0.339 e. The summed E-state index contributed by atoms with van der Waals surface area (Å²) in [5, 5.41) is 3.85. The monoisotopic (exact) mass is 249 g/mol. The molecule has 1 heterocycles. The lowest BCUT2D eigenvalue weighted by Crippen LogP contribution is -2.37. The van der Waals surface area contributed by atoms with Crippen molar-refractivity contribution in [2.45, 2.75) is 32.2 Å². The normalized spacial score (nSPS) is 14.4. The highest BCUT2D eigenvalue weighted by Gasteiger charge is 2.28. The van der Waals surface area contributed by atoms with Crippen LogP contribution in [0.15, 0.2) is 28.8 Å². The van der Waals surface area contributed by atoms with Crippen LogP contribution in [0.5, 0.6) is 0 Å². The third-order valence-electron chi connectivity index (χ3n) is 2.80. The van der Waals surface area contributed by atoms with Gasteiger partial charge in [-0.3, -0.25) is 0 Å². The third kappa shape index (κ3) is 2.56. The molecule has 2 rings (SSSR count). The van der Waals surface area contributed by atoms with E-state index in [9.17, 15) is 4.39 Å². The Balaban J connectivity index is 2.24. The molecule has 0 saturated heterocycles. The molecule has 2 N–H and O–H groups in total. The van der Waals surface area contributed by atoms with Crippen LogP contribution in [0, 0.1) is 5.82 Å². The van der Waals surface area contributed by atoms with Crippen LogP contribution in [-0.2, 0) is 18.4 Å². The summed E-state index contributed by atoms with van der Waals surface area (Å²) in [7, 11) is 0. The van der Waals surface area contributed by atoms with Crippen molar-refractivity contribution in [1.29, 1.82) is 0 Å². The van der Waals surface area contributed by atoms with Crippen LogP contribution in [0.3, 0.4) is 0 Å². The Bertz CT molecular complexity index is 537. The van der Waals surface area contributed by atoms with E-state index >= 15 is 0 Å².